The Bertz CT molecular complexity index is 790. The lowest BCUT2D eigenvalue weighted by Gasteiger charge is -2.03. The van der Waals surface area contributed by atoms with Gasteiger partial charge >= 0.3 is 0 Å². The van der Waals surface area contributed by atoms with E-state index in [1.165, 1.54) is 0 Å². The maximum Gasteiger partial charge on any atom is 0.218 e. The van der Waals surface area contributed by atoms with Gasteiger partial charge in [0.05, 0.1) is 5.02 Å². The number of fused-ring (bicyclic) bond motifs is 1. The van der Waals surface area contributed by atoms with Crippen molar-refractivity contribution in [2.45, 2.75) is 20.3 Å². The van der Waals surface area contributed by atoms with Crippen LogP contribution in [-0.2, 0) is 13.5 Å². The first-order valence-electron chi connectivity index (χ1n) is 7.12. The molecule has 0 radical (unpaired) electrons. The molecule has 5 nitrogen and oxygen atoms in total. The lowest BCUT2D eigenvalue weighted by Crippen LogP contribution is -2.02. The highest BCUT2D eigenvalue weighted by atomic mass is 35.5. The zero-order chi connectivity index (χ0) is 15.9. The van der Waals surface area contributed by atoms with Crippen molar-refractivity contribution in [1.29, 1.82) is 0 Å². The first kappa shape index (κ1) is 14.8. The summed E-state index contributed by atoms with van der Waals surface area (Å²) in [6.07, 6.45) is 5.90. The van der Waals surface area contributed by atoms with Gasteiger partial charge in [-0.2, -0.15) is 0 Å². The molecule has 0 amide bonds. The van der Waals surface area contributed by atoms with Gasteiger partial charge in [-0.25, -0.2) is 15.0 Å². The molecule has 114 valence electrons. The minimum atomic E-state index is 0.153. The fourth-order valence-electron chi connectivity index (χ4n) is 2.41. The lowest BCUT2D eigenvalue weighted by molar-refractivity contribution is 0.425. The minimum Gasteiger partial charge on any atom is -0.493 e. The van der Waals surface area contributed by atoms with Crippen LogP contribution in [0.5, 0.6) is 5.88 Å². The minimum absolute atomic E-state index is 0.153. The van der Waals surface area contributed by atoms with Gasteiger partial charge in [-0.05, 0) is 18.1 Å². The van der Waals surface area contributed by atoms with E-state index in [4.69, 9.17) is 11.6 Å². The molecule has 0 fully saturated rings. The van der Waals surface area contributed by atoms with Crippen molar-refractivity contribution < 1.29 is 5.11 Å². The van der Waals surface area contributed by atoms with Crippen molar-refractivity contribution in [2.75, 3.05) is 0 Å². The number of allylic oxidation sites excluding steroid dienone is 1. The average Bonchev–Trinajstić information content (AvgIpc) is 2.96. The maximum atomic E-state index is 10.3. The van der Waals surface area contributed by atoms with Crippen molar-refractivity contribution in [3.05, 3.63) is 34.4 Å². The topological polar surface area (TPSA) is 63.3 Å². The van der Waals surface area contributed by atoms with E-state index < -0.39 is 0 Å². The third-order valence-electron chi connectivity index (χ3n) is 3.54. The van der Waals surface area contributed by atoms with Crippen LogP contribution in [0.4, 0.5) is 5.82 Å². The fraction of sp³-hybridized carbons (Fsp3) is 0.312. The molecule has 3 heterocycles. The highest BCUT2D eigenvalue weighted by Gasteiger charge is 2.18. The van der Waals surface area contributed by atoms with Crippen molar-refractivity contribution in [3.63, 3.8) is 0 Å². The molecule has 0 saturated heterocycles. The molecule has 2 aromatic heterocycles. The molecular formula is C16H17ClN4O. The summed E-state index contributed by atoms with van der Waals surface area (Å²) < 4.78 is 1.72. The van der Waals surface area contributed by atoms with Gasteiger partial charge in [0.25, 0.3) is 0 Å². The van der Waals surface area contributed by atoms with E-state index in [0.29, 0.717) is 22.5 Å². The zero-order valence-electron chi connectivity index (χ0n) is 12.7. The molecule has 0 bridgehead atoms. The summed E-state index contributed by atoms with van der Waals surface area (Å²) in [6, 6.07) is 1.82. The zero-order valence-corrected chi connectivity index (χ0v) is 13.5. The van der Waals surface area contributed by atoms with Gasteiger partial charge in [0, 0.05) is 37.0 Å². The molecule has 2 aromatic rings. The van der Waals surface area contributed by atoms with Crippen molar-refractivity contribution >= 4 is 35.3 Å². The number of pyridine rings is 1. The largest absolute Gasteiger partial charge is 0.493 e. The van der Waals surface area contributed by atoms with Gasteiger partial charge in [0.2, 0.25) is 5.88 Å². The molecule has 0 aliphatic carbocycles. The van der Waals surface area contributed by atoms with Crippen LogP contribution < -0.4 is 0 Å². The van der Waals surface area contributed by atoms with Gasteiger partial charge in [0.15, 0.2) is 5.82 Å². The normalized spacial score (nSPS) is 15.0. The number of aromatic nitrogens is 3. The van der Waals surface area contributed by atoms with Crippen LogP contribution in [0, 0.1) is 5.92 Å². The molecule has 0 spiro atoms. The summed E-state index contributed by atoms with van der Waals surface area (Å²) >= 11 is 6.00. The second-order valence-corrected chi connectivity index (χ2v) is 6.21. The van der Waals surface area contributed by atoms with E-state index in [1.807, 2.05) is 19.2 Å². The molecule has 6 heteroatoms. The van der Waals surface area contributed by atoms with Crippen LogP contribution in [0.2, 0.25) is 5.02 Å². The number of aliphatic imine (C=N–C) groups is 1. The summed E-state index contributed by atoms with van der Waals surface area (Å²) in [7, 11) is 1.82. The van der Waals surface area contributed by atoms with Gasteiger partial charge in [-0.15, -0.1) is 0 Å². The van der Waals surface area contributed by atoms with E-state index in [9.17, 15) is 5.11 Å². The predicted molar refractivity (Wildman–Crippen MR) is 88.7 cm³/mol. The molecule has 0 saturated carbocycles. The Balaban J connectivity index is 2.01. The van der Waals surface area contributed by atoms with E-state index >= 15 is 0 Å². The van der Waals surface area contributed by atoms with Crippen molar-refractivity contribution in [1.82, 2.24) is 14.5 Å². The molecule has 22 heavy (non-hydrogen) atoms. The van der Waals surface area contributed by atoms with Gasteiger partial charge in [0.1, 0.15) is 11.5 Å². The molecule has 0 atom stereocenters. The highest BCUT2D eigenvalue weighted by molar-refractivity contribution is 6.31. The van der Waals surface area contributed by atoms with Crippen molar-refractivity contribution in [3.8, 4) is 5.88 Å². The van der Waals surface area contributed by atoms with Gasteiger partial charge < -0.3 is 9.67 Å². The van der Waals surface area contributed by atoms with E-state index in [2.05, 4.69) is 28.8 Å². The molecule has 3 rings (SSSR count). The van der Waals surface area contributed by atoms with E-state index in [-0.39, 0.29) is 5.88 Å². The Kier molecular flexibility index (Phi) is 3.74. The van der Waals surface area contributed by atoms with E-state index in [1.54, 1.807) is 17.0 Å². The standard InChI is InChI=1S/C16H17ClN4O/c1-9(2)4-14-20-13(16(22)21(14)3)5-10-7-18-15-12(10)6-11(17)8-19-15/h5-9,22H,4H2,1-3H3/b10-5-. The lowest BCUT2D eigenvalue weighted by atomic mass is 10.1. The molecule has 1 N–H and O–H groups in total. The van der Waals surface area contributed by atoms with Crippen LogP contribution in [0.1, 0.15) is 30.9 Å². The summed E-state index contributed by atoms with van der Waals surface area (Å²) in [5.74, 6) is 2.12. The van der Waals surface area contributed by atoms with Gasteiger partial charge in [-0.1, -0.05) is 25.4 Å². The number of hydrogen-bond donors (Lipinski definition) is 1. The smallest absolute Gasteiger partial charge is 0.218 e. The SMILES string of the molecule is CC(C)Cc1nc(/C=C2/C=Nc3ncc(Cl)cc32)c(O)n1C. The van der Waals surface area contributed by atoms with Crippen LogP contribution >= 0.6 is 11.6 Å². The van der Waals surface area contributed by atoms with E-state index in [0.717, 1.165) is 23.4 Å². The summed E-state index contributed by atoms with van der Waals surface area (Å²) in [5, 5.41) is 10.8. The maximum absolute atomic E-state index is 10.3. The molecule has 0 unspecified atom stereocenters. The molecule has 1 aliphatic rings. The Morgan fingerprint density at radius 1 is 1.41 bits per heavy atom. The Morgan fingerprint density at radius 3 is 2.91 bits per heavy atom. The number of aromatic hydroxyl groups is 1. The molecule has 0 aromatic carbocycles. The Morgan fingerprint density at radius 2 is 2.18 bits per heavy atom. The monoisotopic (exact) mass is 316 g/mol. The first-order valence-corrected chi connectivity index (χ1v) is 7.49. The third-order valence-corrected chi connectivity index (χ3v) is 3.74. The number of hydrogen-bond acceptors (Lipinski definition) is 4. The van der Waals surface area contributed by atoms with Crippen molar-refractivity contribution in [2.24, 2.45) is 18.0 Å². The first-order chi connectivity index (χ1) is 10.5. The summed E-state index contributed by atoms with van der Waals surface area (Å²) in [5.41, 5.74) is 2.23. The van der Waals surface area contributed by atoms with Crippen LogP contribution in [0.15, 0.2) is 17.3 Å². The second kappa shape index (κ2) is 5.57. The van der Waals surface area contributed by atoms with Crippen LogP contribution in [0.25, 0.3) is 11.6 Å². The van der Waals surface area contributed by atoms with Crippen LogP contribution in [0.3, 0.4) is 0 Å². The quantitative estimate of drug-likeness (QED) is 0.940. The third kappa shape index (κ3) is 2.64. The summed E-state index contributed by atoms with van der Waals surface area (Å²) in [6.45, 7) is 4.24. The number of imidazole rings is 1. The average molecular weight is 317 g/mol. The predicted octanol–water partition coefficient (Wildman–Crippen LogP) is 3.63. The molecule has 1 aliphatic heterocycles. The summed E-state index contributed by atoms with van der Waals surface area (Å²) in [4.78, 5) is 13.0. The molecular weight excluding hydrogens is 300 g/mol. The number of nitrogens with zero attached hydrogens (tertiary/aromatic N) is 4. The number of rotatable bonds is 3. The Labute approximate surface area is 134 Å². The highest BCUT2D eigenvalue weighted by Crippen LogP contribution is 2.33. The van der Waals surface area contributed by atoms with Crippen LogP contribution in [-0.4, -0.2) is 25.9 Å². The van der Waals surface area contributed by atoms with Gasteiger partial charge in [-0.3, -0.25) is 0 Å². The fourth-order valence-corrected chi connectivity index (χ4v) is 2.57. The number of halogens is 1. The second-order valence-electron chi connectivity index (χ2n) is 5.78. The Hall–Kier alpha value is -2.14.